The molecular weight excluding hydrogens is 156 g/mol. The molecule has 5 N–H and O–H groups in total. The molecule has 64 valence electrons. The van der Waals surface area contributed by atoms with Crippen LogP contribution in [0.2, 0.25) is 0 Å². The summed E-state index contributed by atoms with van der Waals surface area (Å²) in [5, 5.41) is 14.8. The fourth-order valence-corrected chi connectivity index (χ4v) is 1.05. The first-order chi connectivity index (χ1) is 4.43. The fourth-order valence-electron chi connectivity index (χ4n) is 1.05. The molecule has 1 saturated carbocycles. The number of nitrogens with one attached hydrogen (secondary N) is 1. The van der Waals surface area contributed by atoms with Gasteiger partial charge in [0.1, 0.15) is 0 Å². The second-order valence-corrected chi connectivity index (χ2v) is 2.11. The van der Waals surface area contributed by atoms with Gasteiger partial charge in [0.15, 0.2) is 0 Å². The molecule has 0 aliphatic heterocycles. The Labute approximate surface area is 66.7 Å². The van der Waals surface area contributed by atoms with Crippen molar-refractivity contribution < 1.29 is 10.4 Å². The molecule has 0 radical (unpaired) electrons. The highest BCUT2D eigenvalue weighted by Crippen LogP contribution is 2.16. The van der Waals surface area contributed by atoms with Crippen molar-refractivity contribution in [2.75, 3.05) is 0 Å². The standard InChI is InChI=1S/C5H11NO.ClH.H3NO/c7-6-5-3-1-2-4-5;;1-2/h5-7H,1-4H2;1H;2H,1H2. The molecule has 0 atom stereocenters. The van der Waals surface area contributed by atoms with E-state index < -0.39 is 0 Å². The van der Waals surface area contributed by atoms with Gasteiger partial charge in [0.05, 0.1) is 0 Å². The van der Waals surface area contributed by atoms with E-state index in [-0.39, 0.29) is 12.4 Å². The van der Waals surface area contributed by atoms with Gasteiger partial charge in [-0.3, -0.25) is 0 Å². The van der Waals surface area contributed by atoms with E-state index in [9.17, 15) is 0 Å². The van der Waals surface area contributed by atoms with Gasteiger partial charge in [0, 0.05) is 6.04 Å². The van der Waals surface area contributed by atoms with Gasteiger partial charge in [-0.1, -0.05) is 12.8 Å². The van der Waals surface area contributed by atoms with Gasteiger partial charge in [0.25, 0.3) is 0 Å². The Morgan fingerprint density at radius 2 is 1.60 bits per heavy atom. The number of hydrogen-bond acceptors (Lipinski definition) is 4. The van der Waals surface area contributed by atoms with Gasteiger partial charge in [0.2, 0.25) is 0 Å². The van der Waals surface area contributed by atoms with Crippen LogP contribution in [0.25, 0.3) is 0 Å². The number of nitrogens with two attached hydrogens (primary N) is 1. The average molecular weight is 171 g/mol. The Balaban J connectivity index is 0. The van der Waals surface area contributed by atoms with Crippen LogP contribution in [0.15, 0.2) is 0 Å². The quantitative estimate of drug-likeness (QED) is 0.436. The first kappa shape index (κ1) is 12.8. The van der Waals surface area contributed by atoms with E-state index in [1.165, 1.54) is 12.8 Å². The highest BCUT2D eigenvalue weighted by molar-refractivity contribution is 5.85. The summed E-state index contributed by atoms with van der Waals surface area (Å²) in [7, 11) is 0. The van der Waals surface area contributed by atoms with Crippen molar-refractivity contribution in [3.8, 4) is 0 Å². The zero-order chi connectivity index (χ0) is 7.11. The van der Waals surface area contributed by atoms with E-state index in [4.69, 9.17) is 10.4 Å². The molecule has 10 heavy (non-hydrogen) atoms. The summed E-state index contributed by atoms with van der Waals surface area (Å²) in [6.45, 7) is 0. The van der Waals surface area contributed by atoms with Gasteiger partial charge in [-0.15, -0.1) is 12.4 Å². The molecule has 1 aliphatic rings. The van der Waals surface area contributed by atoms with Crippen LogP contribution in [0.5, 0.6) is 0 Å². The average Bonchev–Trinajstić information content (AvgIpc) is 2.43. The number of halogens is 1. The topological polar surface area (TPSA) is 78.5 Å². The van der Waals surface area contributed by atoms with Gasteiger partial charge >= 0.3 is 0 Å². The lowest BCUT2D eigenvalue weighted by Gasteiger charge is -2.01. The Morgan fingerprint density at radius 1 is 1.20 bits per heavy atom. The summed E-state index contributed by atoms with van der Waals surface area (Å²) >= 11 is 0. The van der Waals surface area contributed by atoms with Gasteiger partial charge in [-0.05, 0) is 12.8 Å². The van der Waals surface area contributed by atoms with Crippen molar-refractivity contribution >= 4 is 12.4 Å². The van der Waals surface area contributed by atoms with Crippen LogP contribution in [-0.4, -0.2) is 16.5 Å². The molecule has 4 nitrogen and oxygen atoms in total. The Morgan fingerprint density at radius 3 is 1.80 bits per heavy atom. The minimum Gasteiger partial charge on any atom is -0.320 e. The highest BCUT2D eigenvalue weighted by Gasteiger charge is 2.11. The molecule has 1 aliphatic carbocycles. The largest absolute Gasteiger partial charge is 0.320 e. The monoisotopic (exact) mass is 170 g/mol. The molecule has 0 saturated heterocycles. The van der Waals surface area contributed by atoms with Gasteiger partial charge in [-0.2, -0.15) is 0 Å². The Hall–Kier alpha value is 0.130. The lowest BCUT2D eigenvalue weighted by atomic mass is 10.3. The Kier molecular flexibility index (Phi) is 11.7. The van der Waals surface area contributed by atoms with Crippen LogP contribution in [0.1, 0.15) is 25.7 Å². The van der Waals surface area contributed by atoms with E-state index in [2.05, 4.69) is 11.4 Å². The second-order valence-electron chi connectivity index (χ2n) is 2.11. The third-order valence-electron chi connectivity index (χ3n) is 1.54. The minimum atomic E-state index is 0. The lowest BCUT2D eigenvalue weighted by Crippen LogP contribution is -2.21. The van der Waals surface area contributed by atoms with Crippen molar-refractivity contribution in [1.29, 1.82) is 0 Å². The summed E-state index contributed by atoms with van der Waals surface area (Å²) in [5.41, 5.74) is 2.26. The fraction of sp³-hybridized carbons (Fsp3) is 1.00. The molecule has 1 fully saturated rings. The molecule has 0 heterocycles. The van der Waals surface area contributed by atoms with Crippen LogP contribution in [-0.2, 0) is 0 Å². The van der Waals surface area contributed by atoms with Crippen molar-refractivity contribution in [1.82, 2.24) is 5.48 Å². The molecule has 1 rings (SSSR count). The number of hydroxylamine groups is 1. The van der Waals surface area contributed by atoms with Crippen molar-refractivity contribution in [2.24, 2.45) is 5.90 Å². The van der Waals surface area contributed by atoms with E-state index >= 15 is 0 Å². The SMILES string of the molecule is Cl.NO.ONC1CCCC1. The summed E-state index contributed by atoms with van der Waals surface area (Å²) < 4.78 is 0. The minimum absolute atomic E-state index is 0. The molecule has 0 unspecified atom stereocenters. The molecule has 0 amide bonds. The number of rotatable bonds is 1. The molecule has 5 heteroatoms. The van der Waals surface area contributed by atoms with E-state index in [1.54, 1.807) is 0 Å². The maximum absolute atomic E-state index is 8.32. The van der Waals surface area contributed by atoms with Gasteiger partial charge < -0.3 is 10.4 Å². The highest BCUT2D eigenvalue weighted by atomic mass is 35.5. The molecule has 0 aromatic rings. The summed E-state index contributed by atoms with van der Waals surface area (Å²) in [6, 6.07) is 0.403. The lowest BCUT2D eigenvalue weighted by molar-refractivity contribution is 0.128. The third kappa shape index (κ3) is 4.96. The van der Waals surface area contributed by atoms with Crippen LogP contribution in [0, 0.1) is 0 Å². The molecule has 0 bridgehead atoms. The van der Waals surface area contributed by atoms with E-state index in [0.29, 0.717) is 6.04 Å². The maximum Gasteiger partial charge on any atom is 0.0319 e. The van der Waals surface area contributed by atoms with Crippen LogP contribution < -0.4 is 11.4 Å². The second kappa shape index (κ2) is 9.13. The first-order valence-corrected chi connectivity index (χ1v) is 3.09. The van der Waals surface area contributed by atoms with Crippen molar-refractivity contribution in [3.63, 3.8) is 0 Å². The predicted molar refractivity (Wildman–Crippen MR) is 40.4 cm³/mol. The summed E-state index contributed by atoms with van der Waals surface area (Å²) in [6.07, 6.45) is 4.85. The van der Waals surface area contributed by atoms with Crippen LogP contribution >= 0.6 is 12.4 Å². The summed E-state index contributed by atoms with van der Waals surface area (Å²) in [5.74, 6) is 3.50. The summed E-state index contributed by atoms with van der Waals surface area (Å²) in [4.78, 5) is 0. The third-order valence-corrected chi connectivity index (χ3v) is 1.54. The van der Waals surface area contributed by atoms with Crippen LogP contribution in [0.4, 0.5) is 0 Å². The zero-order valence-corrected chi connectivity index (χ0v) is 6.60. The number of hydrogen-bond donors (Lipinski definition) is 4. The zero-order valence-electron chi connectivity index (χ0n) is 5.79. The van der Waals surface area contributed by atoms with Crippen LogP contribution in [0.3, 0.4) is 0 Å². The predicted octanol–water partition coefficient (Wildman–Crippen LogP) is 0.664. The first-order valence-electron chi connectivity index (χ1n) is 3.09. The normalized spacial score (nSPS) is 17.1. The smallest absolute Gasteiger partial charge is 0.0319 e. The molecule has 0 aromatic heterocycles. The van der Waals surface area contributed by atoms with E-state index in [1.807, 2.05) is 0 Å². The molecular formula is C5H15ClN2O2. The maximum atomic E-state index is 8.32. The molecule has 0 aromatic carbocycles. The van der Waals surface area contributed by atoms with Crippen molar-refractivity contribution in [3.05, 3.63) is 0 Å². The van der Waals surface area contributed by atoms with Crippen molar-refractivity contribution in [2.45, 2.75) is 31.7 Å². The molecule has 0 spiro atoms. The van der Waals surface area contributed by atoms with E-state index in [0.717, 1.165) is 12.8 Å². The Bertz CT molecular complexity index is 59.6. The van der Waals surface area contributed by atoms with Gasteiger partial charge in [-0.25, -0.2) is 11.4 Å².